The van der Waals surface area contributed by atoms with Gasteiger partial charge in [-0.05, 0) is 80.8 Å². The molecule has 0 spiro atoms. The molecule has 10 heteroatoms. The molecule has 2 aromatic rings. The minimum atomic E-state index is -0.634. The van der Waals surface area contributed by atoms with Crippen LogP contribution in [-0.2, 0) is 9.59 Å². The largest absolute Gasteiger partial charge is 0.503 e. The lowest BCUT2D eigenvalue weighted by Crippen LogP contribution is -2.54. The summed E-state index contributed by atoms with van der Waals surface area (Å²) in [5, 5.41) is 12.7. The van der Waals surface area contributed by atoms with Gasteiger partial charge in [0.05, 0.1) is 23.9 Å². The number of para-hydroxylation sites is 2. The predicted octanol–water partition coefficient (Wildman–Crippen LogP) is 4.16. The third kappa shape index (κ3) is 4.07. The topological polar surface area (TPSA) is 88.1 Å². The first-order valence-corrected chi connectivity index (χ1v) is 10.7. The van der Waals surface area contributed by atoms with Crippen LogP contribution in [0.25, 0.3) is 6.08 Å². The highest BCUT2D eigenvalue weighted by molar-refractivity contribution is 9.13. The molecule has 156 valence electrons. The van der Waals surface area contributed by atoms with E-state index in [0.717, 1.165) is 0 Å². The van der Waals surface area contributed by atoms with Gasteiger partial charge in [-0.2, -0.15) is 0 Å². The molecule has 30 heavy (non-hydrogen) atoms. The van der Waals surface area contributed by atoms with E-state index in [1.54, 1.807) is 31.2 Å². The number of phenols is 1. The van der Waals surface area contributed by atoms with E-state index in [1.807, 2.05) is 0 Å². The highest BCUT2D eigenvalue weighted by atomic mass is 79.9. The molecule has 2 N–H and O–H groups in total. The number of hydrogen-bond donors (Lipinski definition) is 2. The zero-order chi connectivity index (χ0) is 22.0. The number of thiocarbonyl (C=S) groups is 1. The molecule has 0 unspecified atom stereocenters. The molecule has 1 aliphatic rings. The van der Waals surface area contributed by atoms with Crippen molar-refractivity contribution in [3.8, 4) is 17.2 Å². The van der Waals surface area contributed by atoms with Crippen LogP contribution in [0.5, 0.6) is 17.2 Å². The molecule has 0 atom stereocenters. The maximum absolute atomic E-state index is 13.2. The first kappa shape index (κ1) is 22.3. The zero-order valence-corrected chi connectivity index (χ0v) is 19.9. The summed E-state index contributed by atoms with van der Waals surface area (Å²) in [6, 6.07) is 8.37. The molecule has 0 aromatic heterocycles. The average Bonchev–Trinajstić information content (AvgIpc) is 2.72. The van der Waals surface area contributed by atoms with Crippen molar-refractivity contribution in [1.29, 1.82) is 0 Å². The van der Waals surface area contributed by atoms with Gasteiger partial charge in [0.1, 0.15) is 11.3 Å². The lowest BCUT2D eigenvalue weighted by Gasteiger charge is -2.29. The molecule has 3 rings (SSSR count). The number of carbonyl (C=O) groups is 2. The lowest BCUT2D eigenvalue weighted by molar-refractivity contribution is -0.122. The Morgan fingerprint density at radius 2 is 1.90 bits per heavy atom. The highest BCUT2D eigenvalue weighted by Gasteiger charge is 2.36. The van der Waals surface area contributed by atoms with Gasteiger partial charge in [0.15, 0.2) is 16.6 Å². The summed E-state index contributed by atoms with van der Waals surface area (Å²) in [6.07, 6.45) is 1.40. The second-order valence-electron chi connectivity index (χ2n) is 6.00. The molecule has 1 saturated heterocycles. The quantitative estimate of drug-likeness (QED) is 0.327. The smallest absolute Gasteiger partial charge is 0.270 e. The first-order chi connectivity index (χ1) is 14.3. The van der Waals surface area contributed by atoms with Gasteiger partial charge in [-0.15, -0.1) is 0 Å². The molecule has 1 heterocycles. The van der Waals surface area contributed by atoms with Crippen molar-refractivity contribution >= 4 is 72.8 Å². The van der Waals surface area contributed by atoms with E-state index in [9.17, 15) is 14.7 Å². The van der Waals surface area contributed by atoms with Crippen LogP contribution in [0.3, 0.4) is 0 Å². The highest BCUT2D eigenvalue weighted by Crippen LogP contribution is 2.43. The molecule has 2 amide bonds. The minimum absolute atomic E-state index is 0.0485. The van der Waals surface area contributed by atoms with E-state index in [2.05, 4.69) is 37.2 Å². The third-order valence-electron chi connectivity index (χ3n) is 4.20. The van der Waals surface area contributed by atoms with Gasteiger partial charge in [-0.1, -0.05) is 12.1 Å². The van der Waals surface area contributed by atoms with E-state index >= 15 is 0 Å². The fourth-order valence-corrected chi connectivity index (χ4v) is 3.94. The summed E-state index contributed by atoms with van der Waals surface area (Å²) < 4.78 is 11.5. The van der Waals surface area contributed by atoms with Gasteiger partial charge in [0.25, 0.3) is 11.8 Å². The van der Waals surface area contributed by atoms with Crippen molar-refractivity contribution in [2.24, 2.45) is 0 Å². The maximum Gasteiger partial charge on any atom is 0.270 e. The van der Waals surface area contributed by atoms with Gasteiger partial charge in [0, 0.05) is 4.47 Å². The van der Waals surface area contributed by atoms with Gasteiger partial charge < -0.3 is 14.6 Å². The second-order valence-corrected chi connectivity index (χ2v) is 7.98. The van der Waals surface area contributed by atoms with E-state index in [0.29, 0.717) is 32.6 Å². The molecule has 1 aliphatic heterocycles. The maximum atomic E-state index is 13.2. The lowest BCUT2D eigenvalue weighted by atomic mass is 10.1. The first-order valence-electron chi connectivity index (χ1n) is 8.68. The van der Waals surface area contributed by atoms with Gasteiger partial charge in [-0.3, -0.25) is 14.9 Å². The molecule has 0 radical (unpaired) electrons. The monoisotopic (exact) mass is 554 g/mol. The summed E-state index contributed by atoms with van der Waals surface area (Å²) >= 11 is 11.9. The fourth-order valence-electron chi connectivity index (χ4n) is 2.83. The Balaban J connectivity index is 2.12. The van der Waals surface area contributed by atoms with E-state index in [-0.39, 0.29) is 22.2 Å². The van der Waals surface area contributed by atoms with Crippen LogP contribution >= 0.6 is 44.1 Å². The van der Waals surface area contributed by atoms with Crippen LogP contribution in [0.1, 0.15) is 12.5 Å². The van der Waals surface area contributed by atoms with Crippen molar-refractivity contribution in [3.05, 3.63) is 50.4 Å². The number of nitrogens with zero attached hydrogens (tertiary/aromatic N) is 1. The fraction of sp³-hybridized carbons (Fsp3) is 0.150. The number of hydrogen-bond acceptors (Lipinski definition) is 6. The molecule has 0 saturated carbocycles. The Morgan fingerprint density at radius 1 is 1.20 bits per heavy atom. The van der Waals surface area contributed by atoms with Crippen molar-refractivity contribution in [2.45, 2.75) is 6.92 Å². The van der Waals surface area contributed by atoms with Crippen molar-refractivity contribution < 1.29 is 24.2 Å². The van der Waals surface area contributed by atoms with Crippen LogP contribution in [0, 0.1) is 0 Å². The minimum Gasteiger partial charge on any atom is -0.503 e. The Bertz CT molecular complexity index is 1090. The van der Waals surface area contributed by atoms with Gasteiger partial charge in [0.2, 0.25) is 0 Å². The van der Waals surface area contributed by atoms with E-state index in [4.69, 9.17) is 21.7 Å². The Labute approximate surface area is 194 Å². The van der Waals surface area contributed by atoms with Crippen molar-refractivity contribution in [2.75, 3.05) is 18.6 Å². The van der Waals surface area contributed by atoms with Crippen LogP contribution in [-0.4, -0.2) is 35.8 Å². The molecule has 7 nitrogen and oxygen atoms in total. The van der Waals surface area contributed by atoms with Crippen molar-refractivity contribution in [1.82, 2.24) is 5.32 Å². The Morgan fingerprint density at radius 3 is 2.57 bits per heavy atom. The summed E-state index contributed by atoms with van der Waals surface area (Å²) in [5.41, 5.74) is 0.714. The number of methoxy groups -OCH3 is 1. The third-order valence-corrected chi connectivity index (χ3v) is 6.64. The summed E-state index contributed by atoms with van der Waals surface area (Å²) in [6.45, 7) is 2.10. The molecular formula is C20H16Br2N2O5S. The molecule has 2 aromatic carbocycles. The average molecular weight is 556 g/mol. The number of ether oxygens (including phenoxy) is 2. The molecule has 0 aliphatic carbocycles. The van der Waals surface area contributed by atoms with Crippen LogP contribution in [0.4, 0.5) is 5.69 Å². The summed E-state index contributed by atoms with van der Waals surface area (Å²) in [4.78, 5) is 27.0. The zero-order valence-electron chi connectivity index (χ0n) is 15.9. The standard InChI is InChI=1S/C20H16Br2N2O5S/c1-3-29-14-9-10(15(21)16(22)17(14)25)8-11-18(26)23-20(30)24(19(11)27)12-6-4-5-7-13(12)28-2/h4-9,25H,3H2,1-2H3,(H,23,26,30)/b11-8+. The number of benzene rings is 2. The summed E-state index contributed by atoms with van der Waals surface area (Å²) in [7, 11) is 1.48. The summed E-state index contributed by atoms with van der Waals surface area (Å²) in [5.74, 6) is -0.703. The van der Waals surface area contributed by atoms with Crippen molar-refractivity contribution in [3.63, 3.8) is 0 Å². The van der Waals surface area contributed by atoms with E-state index < -0.39 is 11.8 Å². The number of aromatic hydroxyl groups is 1. The number of phenolic OH excluding ortho intramolecular Hbond substituents is 1. The number of rotatable bonds is 5. The second kappa shape index (κ2) is 9.15. The number of carbonyl (C=O) groups excluding carboxylic acids is 2. The predicted molar refractivity (Wildman–Crippen MR) is 124 cm³/mol. The SMILES string of the molecule is CCOc1cc(/C=C2\C(=O)NC(=S)N(c3ccccc3OC)C2=O)c(Br)c(Br)c1O. The molecular weight excluding hydrogens is 540 g/mol. The Kier molecular flexibility index (Phi) is 6.79. The van der Waals surface area contributed by atoms with E-state index in [1.165, 1.54) is 24.2 Å². The number of amides is 2. The van der Waals surface area contributed by atoms with Gasteiger partial charge >= 0.3 is 0 Å². The van der Waals surface area contributed by atoms with Gasteiger partial charge in [-0.25, -0.2) is 4.90 Å². The Hall–Kier alpha value is -2.43. The van der Waals surface area contributed by atoms with Crippen LogP contribution in [0.2, 0.25) is 0 Å². The van der Waals surface area contributed by atoms with Crippen LogP contribution in [0.15, 0.2) is 44.9 Å². The van der Waals surface area contributed by atoms with Crippen LogP contribution < -0.4 is 19.7 Å². The normalized spacial score (nSPS) is 15.4. The number of nitrogens with one attached hydrogen (secondary N) is 1. The number of halogens is 2. The molecule has 0 bridgehead atoms. The number of anilines is 1. The molecule has 1 fully saturated rings.